The number of piperidine rings is 1. The first kappa shape index (κ1) is 19.0. The fraction of sp³-hybridized carbons (Fsp3) is 0.529. The van der Waals surface area contributed by atoms with Crippen LogP contribution in [-0.2, 0) is 16.1 Å². The molecule has 0 bridgehead atoms. The summed E-state index contributed by atoms with van der Waals surface area (Å²) in [7, 11) is 0. The molecule has 0 unspecified atom stereocenters. The van der Waals surface area contributed by atoms with Crippen molar-refractivity contribution in [2.75, 3.05) is 32.7 Å². The molecule has 2 heterocycles. The molecule has 0 radical (unpaired) electrons. The Balaban J connectivity index is 0.00000208. The third-order valence-electron chi connectivity index (χ3n) is 4.61. The van der Waals surface area contributed by atoms with Gasteiger partial charge in [0.15, 0.2) is 0 Å². The maximum absolute atomic E-state index is 12.5. The highest BCUT2D eigenvalue weighted by Gasteiger charge is 2.31. The molecule has 7 heteroatoms. The van der Waals surface area contributed by atoms with E-state index in [0.717, 1.165) is 31.5 Å². The van der Waals surface area contributed by atoms with E-state index in [4.69, 9.17) is 11.6 Å². The third-order valence-corrected chi connectivity index (χ3v) is 4.86. The van der Waals surface area contributed by atoms with E-state index in [0.29, 0.717) is 24.7 Å². The Kier molecular flexibility index (Phi) is 6.90. The van der Waals surface area contributed by atoms with Crippen molar-refractivity contribution in [1.29, 1.82) is 0 Å². The number of hydrogen-bond donors (Lipinski definition) is 1. The van der Waals surface area contributed by atoms with Crippen molar-refractivity contribution >= 4 is 35.8 Å². The normalized spacial score (nSPS) is 19.1. The Labute approximate surface area is 153 Å². The van der Waals surface area contributed by atoms with Crippen LogP contribution in [0.2, 0.25) is 5.02 Å². The SMILES string of the molecule is Cl.O=C1CN(C(=O)C2CCNCC2)CCN1Cc1ccc(Cl)cc1. The van der Waals surface area contributed by atoms with Crippen molar-refractivity contribution in [3.8, 4) is 0 Å². The van der Waals surface area contributed by atoms with Crippen LogP contribution in [0.1, 0.15) is 18.4 Å². The minimum absolute atomic E-state index is 0. The van der Waals surface area contributed by atoms with Gasteiger partial charge in [0.2, 0.25) is 11.8 Å². The number of rotatable bonds is 3. The van der Waals surface area contributed by atoms with Gasteiger partial charge in [0, 0.05) is 30.6 Å². The van der Waals surface area contributed by atoms with Gasteiger partial charge in [-0.25, -0.2) is 0 Å². The Morgan fingerprint density at radius 2 is 1.83 bits per heavy atom. The van der Waals surface area contributed by atoms with E-state index in [2.05, 4.69) is 5.32 Å². The van der Waals surface area contributed by atoms with E-state index in [1.54, 1.807) is 4.90 Å². The highest BCUT2D eigenvalue weighted by molar-refractivity contribution is 6.30. The van der Waals surface area contributed by atoms with Gasteiger partial charge in [0.1, 0.15) is 0 Å². The van der Waals surface area contributed by atoms with Crippen molar-refractivity contribution in [1.82, 2.24) is 15.1 Å². The summed E-state index contributed by atoms with van der Waals surface area (Å²) in [5, 5.41) is 3.96. The molecule has 2 amide bonds. The van der Waals surface area contributed by atoms with E-state index in [1.165, 1.54) is 0 Å². The summed E-state index contributed by atoms with van der Waals surface area (Å²) in [6.45, 7) is 3.78. The quantitative estimate of drug-likeness (QED) is 0.882. The lowest BCUT2D eigenvalue weighted by molar-refractivity contribution is -0.148. The van der Waals surface area contributed by atoms with Gasteiger partial charge in [-0.2, -0.15) is 0 Å². The maximum atomic E-state index is 12.5. The van der Waals surface area contributed by atoms with Crippen LogP contribution in [0.3, 0.4) is 0 Å². The molecule has 0 aromatic heterocycles. The minimum Gasteiger partial charge on any atom is -0.335 e. The fourth-order valence-corrected chi connectivity index (χ4v) is 3.33. The molecule has 0 aliphatic carbocycles. The van der Waals surface area contributed by atoms with E-state index in [1.807, 2.05) is 29.2 Å². The zero-order valence-electron chi connectivity index (χ0n) is 13.5. The molecular weight excluding hydrogens is 349 g/mol. The van der Waals surface area contributed by atoms with E-state index in [-0.39, 0.29) is 36.7 Å². The molecule has 1 aromatic carbocycles. The highest BCUT2D eigenvalue weighted by atomic mass is 35.5. The molecule has 1 N–H and O–H groups in total. The summed E-state index contributed by atoms with van der Waals surface area (Å²) < 4.78 is 0. The van der Waals surface area contributed by atoms with Crippen LogP contribution >= 0.6 is 24.0 Å². The third kappa shape index (κ3) is 4.62. The predicted molar refractivity (Wildman–Crippen MR) is 96.3 cm³/mol. The number of halogens is 2. The molecular formula is C17H23Cl2N3O2. The topological polar surface area (TPSA) is 52.7 Å². The van der Waals surface area contributed by atoms with Crippen molar-refractivity contribution in [2.45, 2.75) is 19.4 Å². The lowest BCUT2D eigenvalue weighted by atomic mass is 9.96. The monoisotopic (exact) mass is 371 g/mol. The number of hydrogen-bond acceptors (Lipinski definition) is 3. The fourth-order valence-electron chi connectivity index (χ4n) is 3.20. The highest BCUT2D eigenvalue weighted by Crippen LogP contribution is 2.18. The number of nitrogens with one attached hydrogen (secondary N) is 1. The summed E-state index contributed by atoms with van der Waals surface area (Å²) in [6.07, 6.45) is 1.75. The van der Waals surface area contributed by atoms with Gasteiger partial charge in [-0.15, -0.1) is 12.4 Å². The van der Waals surface area contributed by atoms with Crippen molar-refractivity contribution in [3.63, 3.8) is 0 Å². The molecule has 0 spiro atoms. The summed E-state index contributed by atoms with van der Waals surface area (Å²) >= 11 is 5.88. The number of carbonyl (C=O) groups excluding carboxylic acids is 2. The Hall–Kier alpha value is -1.30. The van der Waals surface area contributed by atoms with Gasteiger partial charge in [0.05, 0.1) is 6.54 Å². The first-order valence-electron chi connectivity index (χ1n) is 8.15. The molecule has 2 fully saturated rings. The zero-order valence-corrected chi connectivity index (χ0v) is 15.1. The lowest BCUT2D eigenvalue weighted by Crippen LogP contribution is -2.53. The van der Waals surface area contributed by atoms with Crippen molar-refractivity contribution < 1.29 is 9.59 Å². The smallest absolute Gasteiger partial charge is 0.242 e. The Morgan fingerprint density at radius 3 is 2.46 bits per heavy atom. The second-order valence-electron chi connectivity index (χ2n) is 6.23. The standard InChI is InChI=1S/C17H22ClN3O2.ClH/c18-15-3-1-13(2-4-15)11-20-9-10-21(12-16(20)22)17(23)14-5-7-19-8-6-14;/h1-4,14,19H,5-12H2;1H. The minimum atomic E-state index is 0. The molecule has 0 saturated carbocycles. The summed E-state index contributed by atoms with van der Waals surface area (Å²) in [5.41, 5.74) is 1.06. The van der Waals surface area contributed by atoms with Gasteiger partial charge in [-0.1, -0.05) is 23.7 Å². The van der Waals surface area contributed by atoms with Gasteiger partial charge >= 0.3 is 0 Å². The van der Waals surface area contributed by atoms with E-state index in [9.17, 15) is 9.59 Å². The molecule has 0 atom stereocenters. The molecule has 5 nitrogen and oxygen atoms in total. The van der Waals surface area contributed by atoms with E-state index >= 15 is 0 Å². The second-order valence-corrected chi connectivity index (χ2v) is 6.66. The van der Waals surface area contributed by atoms with Crippen LogP contribution in [0.25, 0.3) is 0 Å². The molecule has 2 saturated heterocycles. The van der Waals surface area contributed by atoms with Gasteiger partial charge in [-0.3, -0.25) is 9.59 Å². The lowest BCUT2D eigenvalue weighted by Gasteiger charge is -2.36. The number of benzene rings is 1. The maximum Gasteiger partial charge on any atom is 0.242 e. The summed E-state index contributed by atoms with van der Waals surface area (Å²) in [6, 6.07) is 7.53. The molecule has 24 heavy (non-hydrogen) atoms. The van der Waals surface area contributed by atoms with Crippen LogP contribution in [0, 0.1) is 5.92 Å². The number of amides is 2. The van der Waals surface area contributed by atoms with Gasteiger partial charge in [-0.05, 0) is 43.6 Å². The van der Waals surface area contributed by atoms with Gasteiger partial charge in [0.25, 0.3) is 0 Å². The molecule has 132 valence electrons. The number of piperazine rings is 1. The molecule has 2 aliphatic rings. The largest absolute Gasteiger partial charge is 0.335 e. The van der Waals surface area contributed by atoms with Crippen LogP contribution < -0.4 is 5.32 Å². The Morgan fingerprint density at radius 1 is 1.17 bits per heavy atom. The second kappa shape index (κ2) is 8.70. The van der Waals surface area contributed by atoms with Crippen LogP contribution in [-0.4, -0.2) is 54.3 Å². The molecule has 3 rings (SSSR count). The molecule has 1 aromatic rings. The van der Waals surface area contributed by atoms with Crippen molar-refractivity contribution in [2.24, 2.45) is 5.92 Å². The summed E-state index contributed by atoms with van der Waals surface area (Å²) in [5.74, 6) is 0.242. The van der Waals surface area contributed by atoms with Gasteiger partial charge < -0.3 is 15.1 Å². The van der Waals surface area contributed by atoms with Crippen LogP contribution in [0.15, 0.2) is 24.3 Å². The zero-order chi connectivity index (χ0) is 16.2. The average molecular weight is 372 g/mol. The number of nitrogens with zero attached hydrogens (tertiary/aromatic N) is 2. The van der Waals surface area contributed by atoms with E-state index < -0.39 is 0 Å². The summed E-state index contributed by atoms with van der Waals surface area (Å²) in [4.78, 5) is 28.4. The number of carbonyl (C=O) groups is 2. The molecule has 2 aliphatic heterocycles. The van der Waals surface area contributed by atoms with Crippen LogP contribution in [0.5, 0.6) is 0 Å². The van der Waals surface area contributed by atoms with Crippen LogP contribution in [0.4, 0.5) is 0 Å². The first-order valence-corrected chi connectivity index (χ1v) is 8.53. The first-order chi connectivity index (χ1) is 11.1. The van der Waals surface area contributed by atoms with Crippen molar-refractivity contribution in [3.05, 3.63) is 34.9 Å². The predicted octanol–water partition coefficient (Wildman–Crippen LogP) is 1.93. The Bertz CT molecular complexity index is 574. The average Bonchev–Trinajstić information content (AvgIpc) is 2.59.